The van der Waals surface area contributed by atoms with Gasteiger partial charge in [-0.3, -0.25) is 0 Å². The van der Waals surface area contributed by atoms with E-state index in [1.165, 1.54) is 0 Å². The SMILES string of the molecule is [2H]c1c([2H])c(C(C)(C)C)c([2H])c2c1B1c3c([2H])c4c(c([2H])c3N(c3cc(C(C)(C)C)cc(C(C)(C)C)c3)c3c([2H])c(N(c5cc(C(C)(C)C)cc(C(C)(C)C)c5)c5cc(C(C)(C)C)cc(C(C)(C)C)c5)c([2H])c(c31)O2)B1c2c([2H])c([2H])c(C(C)(C)C)c([2H])c2Oc2c([2H])c(N(c3cc(C(C)(C)C)cc(C(C)(C)C)c3)c3cc(C(C)(C)C)cc(C(C)(C)C)c3)c([2H])c(c21)N4c1cc(C(C)(C)C)cc(C(C)(C)C)c1. The number of hydrogen-bond acceptors (Lipinski definition) is 6. The highest BCUT2D eigenvalue weighted by atomic mass is 16.5. The predicted octanol–water partition coefficient (Wildman–Crippen LogP) is 31.6. The Morgan fingerprint density at radius 2 is 0.400 bits per heavy atom. The second kappa shape index (κ2) is 31.0. The van der Waals surface area contributed by atoms with E-state index in [0.717, 1.165) is 66.8 Å². The van der Waals surface area contributed by atoms with Gasteiger partial charge >= 0.3 is 0 Å². The van der Waals surface area contributed by atoms with Crippen LogP contribution in [0.3, 0.4) is 0 Å². The van der Waals surface area contributed by atoms with E-state index in [2.05, 4.69) is 368 Å². The van der Waals surface area contributed by atoms with Gasteiger partial charge in [-0.2, -0.15) is 0 Å². The van der Waals surface area contributed by atoms with Gasteiger partial charge in [0.05, 0.1) is 27.8 Å². The Hall–Kier alpha value is -9.65. The molecule has 0 aromatic heterocycles. The summed E-state index contributed by atoms with van der Waals surface area (Å²) >= 11 is 0. The van der Waals surface area contributed by atoms with Crippen LogP contribution in [0.25, 0.3) is 0 Å². The molecule has 6 nitrogen and oxygen atoms in total. The molecular formula is C122H156B2N4O2. The summed E-state index contributed by atoms with van der Waals surface area (Å²) in [5.74, 6) is -0.351. The Morgan fingerprint density at radius 1 is 0.200 bits per heavy atom. The second-order valence-corrected chi connectivity index (χ2v) is 52.7. The largest absolute Gasteiger partial charge is 0.458 e. The van der Waals surface area contributed by atoms with Crippen LogP contribution in [0, 0.1) is 0 Å². The van der Waals surface area contributed by atoms with Crippen molar-refractivity contribution >= 4 is 114 Å². The highest BCUT2D eigenvalue weighted by Gasteiger charge is 2.50. The summed E-state index contributed by atoms with van der Waals surface area (Å²) in [5.41, 5.74) is 8.92. The Balaban J connectivity index is 1.27. The Labute approximate surface area is 804 Å². The maximum atomic E-state index is 12.8. The monoisotopic (exact) mass is 1740 g/mol. The van der Waals surface area contributed by atoms with Gasteiger partial charge in [-0.05, 0) is 296 Å². The number of ether oxygens (including phenoxy) is 2. The molecule has 0 saturated carbocycles. The molecule has 0 amide bonds. The Morgan fingerprint density at radius 3 is 0.600 bits per heavy atom. The van der Waals surface area contributed by atoms with E-state index < -0.39 is 89.2 Å². The van der Waals surface area contributed by atoms with Gasteiger partial charge in [0.2, 0.25) is 0 Å². The van der Waals surface area contributed by atoms with E-state index in [1.54, 1.807) is 0 Å². The maximum absolute atomic E-state index is 12.8. The molecule has 0 saturated heterocycles. The fourth-order valence-electron chi connectivity index (χ4n) is 17.9. The summed E-state index contributed by atoms with van der Waals surface area (Å²) in [5, 5.41) is 0. The van der Waals surface area contributed by atoms with Crippen LogP contribution >= 0.6 is 0 Å². The van der Waals surface area contributed by atoms with Crippen LogP contribution in [0.2, 0.25) is 0 Å². The molecule has 4 aliphatic rings. The third-order valence-corrected chi connectivity index (χ3v) is 27.0. The van der Waals surface area contributed by atoms with Crippen molar-refractivity contribution in [1.82, 2.24) is 0 Å². The molecule has 0 unspecified atom stereocenters. The number of nitrogens with zero attached hydrogens (tertiary/aromatic N) is 4. The van der Waals surface area contributed by atoms with Crippen molar-refractivity contribution in [2.24, 2.45) is 0 Å². The van der Waals surface area contributed by atoms with Crippen LogP contribution in [-0.4, -0.2) is 13.4 Å². The summed E-state index contributed by atoms with van der Waals surface area (Å²) < 4.78 is 155. The number of benzene rings is 11. The zero-order chi connectivity index (χ0) is 106. The van der Waals surface area contributed by atoms with Crippen LogP contribution in [-0.2, 0) is 75.8 Å². The zero-order valence-corrected chi connectivity index (χ0v) is 87.2. The highest BCUT2D eigenvalue weighted by Crippen LogP contribution is 2.55. The first kappa shape index (κ1) is 80.0. The molecule has 11 aromatic carbocycles. The average molecular weight is 1740 g/mol. The van der Waals surface area contributed by atoms with E-state index in [4.69, 9.17) is 9.47 Å². The summed E-state index contributed by atoms with van der Waals surface area (Å²) in [6.45, 7) is 87.1. The maximum Gasteiger partial charge on any atom is 0.256 e. The summed E-state index contributed by atoms with van der Waals surface area (Å²) in [6, 6.07) is 36.6. The molecule has 0 aliphatic carbocycles. The predicted molar refractivity (Wildman–Crippen MR) is 569 cm³/mol. The summed E-state index contributed by atoms with van der Waals surface area (Å²) in [6.07, 6.45) is 0. The van der Waals surface area contributed by atoms with Crippen molar-refractivity contribution in [3.8, 4) is 23.0 Å². The Bertz CT molecular complexity index is 6340. The average Bonchev–Trinajstić information content (AvgIpc) is 0.661. The van der Waals surface area contributed by atoms with Crippen molar-refractivity contribution in [3.63, 3.8) is 0 Å². The minimum absolute atomic E-state index is 0.0253. The third-order valence-electron chi connectivity index (χ3n) is 27.0. The lowest BCUT2D eigenvalue weighted by Crippen LogP contribution is -2.63. The quantitative estimate of drug-likeness (QED) is 0.141. The van der Waals surface area contributed by atoms with Crippen molar-refractivity contribution in [1.29, 1.82) is 0 Å². The molecule has 682 valence electrons. The van der Waals surface area contributed by atoms with Gasteiger partial charge in [0, 0.05) is 69.0 Å². The van der Waals surface area contributed by atoms with Crippen molar-refractivity contribution in [2.45, 2.75) is 367 Å². The molecule has 0 bridgehead atoms. The topological polar surface area (TPSA) is 31.4 Å². The molecule has 4 aliphatic heterocycles. The summed E-state index contributed by atoms with van der Waals surface area (Å²) in [4.78, 5) is 8.01. The number of hydrogen-bond donors (Lipinski definition) is 0. The molecule has 11 aromatic rings. The first-order chi connectivity index (χ1) is 64.3. The fourth-order valence-corrected chi connectivity index (χ4v) is 17.9. The molecular weight excluding hydrogens is 1570 g/mol. The minimum atomic E-state index is -1.53. The first-order valence-electron chi connectivity index (χ1n) is 53.6. The number of anilines is 12. The van der Waals surface area contributed by atoms with E-state index in [-0.39, 0.29) is 174 Å². The van der Waals surface area contributed by atoms with Crippen LogP contribution in [0.15, 0.2) is 182 Å². The Kier molecular flexibility index (Phi) is 19.1. The second-order valence-electron chi connectivity index (χ2n) is 52.7. The highest BCUT2D eigenvalue weighted by molar-refractivity contribution is 7.01. The van der Waals surface area contributed by atoms with Gasteiger partial charge in [-0.25, -0.2) is 0 Å². The van der Waals surface area contributed by atoms with Gasteiger partial charge in [0.25, 0.3) is 13.4 Å². The molecule has 0 fully saturated rings. The smallest absolute Gasteiger partial charge is 0.256 e. The van der Waals surface area contributed by atoms with Crippen LogP contribution in [0.1, 0.15) is 385 Å². The zero-order valence-electron chi connectivity index (χ0n) is 99.2. The van der Waals surface area contributed by atoms with Gasteiger partial charge in [0.1, 0.15) is 23.0 Å². The van der Waals surface area contributed by atoms with Crippen LogP contribution in [0.4, 0.5) is 68.2 Å². The lowest BCUT2D eigenvalue weighted by Gasteiger charge is -2.45. The lowest BCUT2D eigenvalue weighted by molar-refractivity contribution is 0.483. The van der Waals surface area contributed by atoms with Gasteiger partial charge in [-0.1, -0.05) is 351 Å². The molecule has 8 heteroatoms. The van der Waals surface area contributed by atoms with Crippen molar-refractivity contribution in [2.75, 3.05) is 19.6 Å². The molecule has 0 radical (unpaired) electrons. The third kappa shape index (κ3) is 18.1. The lowest BCUT2D eigenvalue weighted by atomic mass is 9.31. The molecule has 4 heterocycles. The normalized spacial score (nSPS) is 15.9. The number of rotatable bonds is 8. The van der Waals surface area contributed by atoms with Crippen LogP contribution < -0.4 is 61.9 Å². The minimum Gasteiger partial charge on any atom is -0.458 e. The van der Waals surface area contributed by atoms with E-state index in [0.29, 0.717) is 34.1 Å². The van der Waals surface area contributed by atoms with E-state index in [9.17, 15) is 16.4 Å². The first-order valence-corrected chi connectivity index (χ1v) is 47.6. The van der Waals surface area contributed by atoms with Gasteiger partial charge < -0.3 is 29.1 Å². The van der Waals surface area contributed by atoms with E-state index >= 15 is 0 Å². The summed E-state index contributed by atoms with van der Waals surface area (Å²) in [7, 11) is 0. The molecule has 0 spiro atoms. The standard InChI is InChI=1S/C122H156B2N4O2/c1-109(2,3)73-43-45-95-103(65-73)129-105-69-93(125(87-53-75(111(7,8)9)47-76(54-87)112(10,11)12)88-55-77(113(13,14)15)48-78(56-88)114(16,17)18)67-101-107(105)123(95)97-71-100-98(72-99(97)127(101)91-61-83(119(31,32)33)51-84(62-91)120(34,35)36)124-96-46-44-74(110(4,5)6)66-104(96)130-106-70-94(68-102(108(106)124)128(100)92-63-85(121(37,38)39)52-86(64-92)122(40,41)42)126(89-57-79(115(19,20)21)49-80(58-89)116(22,23)24)90-59-81(117(25,26)27)50-82(60-90)118(28,29)30/h43-72H,1-42H3/i43D,44D,45D,46D,65D,66D,67D,68D,69D,70D,71D,72D. The molecule has 130 heavy (non-hydrogen) atoms. The fraction of sp³-hybridized carbons (Fsp3) is 0.459. The number of fused-ring (bicyclic) bond motifs is 8. The van der Waals surface area contributed by atoms with E-state index in [1.807, 2.05) is 51.3 Å². The van der Waals surface area contributed by atoms with Crippen molar-refractivity contribution in [3.05, 3.63) is 260 Å². The van der Waals surface area contributed by atoms with Gasteiger partial charge in [0.15, 0.2) is 0 Å². The van der Waals surface area contributed by atoms with Gasteiger partial charge in [-0.15, -0.1) is 0 Å². The molecule has 15 rings (SSSR count). The van der Waals surface area contributed by atoms with Crippen molar-refractivity contribution < 1.29 is 25.9 Å². The molecule has 0 atom stereocenters. The van der Waals surface area contributed by atoms with Crippen LogP contribution in [0.5, 0.6) is 23.0 Å². The molecule has 0 N–H and O–H groups in total.